The summed E-state index contributed by atoms with van der Waals surface area (Å²) >= 11 is 5.68. The average Bonchev–Trinajstić information content (AvgIpc) is 2.90. The topological polar surface area (TPSA) is 76.0 Å². The second-order valence-electron chi connectivity index (χ2n) is 6.24. The van der Waals surface area contributed by atoms with E-state index in [9.17, 15) is 21.2 Å². The van der Waals surface area contributed by atoms with Gasteiger partial charge in [0, 0.05) is 6.42 Å². The third-order valence-electron chi connectivity index (χ3n) is 4.70. The van der Waals surface area contributed by atoms with Gasteiger partial charge in [0.25, 0.3) is 0 Å². The van der Waals surface area contributed by atoms with Crippen LogP contribution in [0.25, 0.3) is 0 Å². The smallest absolute Gasteiger partial charge is 0.243 e. The Hall–Kier alpha value is -0.740. The SMILES string of the molecule is O=S1(=O)CC[C@@H]([NH+]2CCN(S(=O)(=O)c3ccc(F)c(Cl)c3)CC2)C1. The molecule has 2 aliphatic rings. The van der Waals surface area contributed by atoms with Gasteiger partial charge < -0.3 is 4.90 Å². The van der Waals surface area contributed by atoms with Gasteiger partial charge in [0.15, 0.2) is 9.84 Å². The van der Waals surface area contributed by atoms with Crippen LogP contribution < -0.4 is 4.90 Å². The molecule has 2 aliphatic heterocycles. The molecular formula is C14H19ClFN2O4S2+. The molecule has 1 atom stereocenters. The van der Waals surface area contributed by atoms with E-state index in [4.69, 9.17) is 11.6 Å². The summed E-state index contributed by atoms with van der Waals surface area (Å²) in [4.78, 5) is 1.11. The van der Waals surface area contributed by atoms with E-state index in [-0.39, 0.29) is 27.5 Å². The van der Waals surface area contributed by atoms with Crippen LogP contribution in [0.3, 0.4) is 0 Å². The fourth-order valence-electron chi connectivity index (χ4n) is 3.33. The summed E-state index contributed by atoms with van der Waals surface area (Å²) in [6.45, 7) is 1.75. The molecule has 0 aromatic heterocycles. The molecule has 10 heteroatoms. The minimum atomic E-state index is -3.72. The fourth-order valence-corrected chi connectivity index (χ4v) is 6.86. The zero-order chi connectivity index (χ0) is 17.5. The highest BCUT2D eigenvalue weighted by Crippen LogP contribution is 2.22. The first-order valence-corrected chi connectivity index (χ1v) is 11.3. The molecule has 24 heavy (non-hydrogen) atoms. The van der Waals surface area contributed by atoms with Gasteiger partial charge in [-0.2, -0.15) is 4.31 Å². The Balaban J connectivity index is 1.68. The second-order valence-corrected chi connectivity index (χ2v) is 10.8. The largest absolute Gasteiger partial charge is 0.329 e. The van der Waals surface area contributed by atoms with Gasteiger partial charge in [0.2, 0.25) is 10.0 Å². The van der Waals surface area contributed by atoms with Crippen molar-refractivity contribution in [3.63, 3.8) is 0 Å². The molecule has 0 saturated carbocycles. The highest BCUT2D eigenvalue weighted by atomic mass is 35.5. The standard InChI is InChI=1S/C14H18ClFN2O4S2/c15-13-9-12(1-2-14(13)16)24(21,22)18-6-4-17(5-7-18)11-3-8-23(19,20)10-11/h1-2,9,11H,3-8,10H2/p+1/t11-/m1/s1. The van der Waals surface area contributed by atoms with Crippen LogP contribution in [0, 0.1) is 5.82 Å². The lowest BCUT2D eigenvalue weighted by atomic mass is 10.2. The van der Waals surface area contributed by atoms with Crippen LogP contribution in [0.4, 0.5) is 4.39 Å². The van der Waals surface area contributed by atoms with Crippen LogP contribution in [0.2, 0.25) is 5.02 Å². The number of sulfonamides is 1. The molecule has 0 bridgehead atoms. The van der Waals surface area contributed by atoms with Crippen LogP contribution in [-0.4, -0.2) is 64.9 Å². The zero-order valence-electron chi connectivity index (χ0n) is 12.9. The second kappa shape index (κ2) is 6.53. The van der Waals surface area contributed by atoms with Crippen molar-refractivity contribution >= 4 is 31.5 Å². The minimum Gasteiger partial charge on any atom is -0.329 e. The Bertz CT molecular complexity index is 836. The normalized spacial score (nSPS) is 25.8. The van der Waals surface area contributed by atoms with Crippen molar-refractivity contribution < 1.29 is 26.1 Å². The lowest BCUT2D eigenvalue weighted by Crippen LogP contribution is -3.18. The Labute approximate surface area is 146 Å². The number of hydrogen-bond donors (Lipinski definition) is 1. The van der Waals surface area contributed by atoms with Crippen molar-refractivity contribution in [2.45, 2.75) is 17.4 Å². The number of sulfone groups is 1. The first kappa shape index (κ1) is 18.1. The number of hydrogen-bond acceptors (Lipinski definition) is 4. The van der Waals surface area contributed by atoms with Crippen LogP contribution in [0.15, 0.2) is 23.1 Å². The predicted octanol–water partition coefficient (Wildman–Crippen LogP) is -0.445. The maximum Gasteiger partial charge on any atom is 0.243 e. The van der Waals surface area contributed by atoms with Crippen molar-refractivity contribution in [2.24, 2.45) is 0 Å². The Morgan fingerprint density at radius 2 is 1.92 bits per heavy atom. The van der Waals surface area contributed by atoms with Gasteiger partial charge in [0.05, 0.1) is 41.8 Å². The van der Waals surface area contributed by atoms with Crippen molar-refractivity contribution in [1.82, 2.24) is 4.31 Å². The molecular weight excluding hydrogens is 379 g/mol. The highest BCUT2D eigenvalue weighted by Gasteiger charge is 2.39. The molecule has 0 radical (unpaired) electrons. The molecule has 134 valence electrons. The number of benzene rings is 1. The molecule has 0 unspecified atom stereocenters. The maximum absolute atomic E-state index is 13.2. The van der Waals surface area contributed by atoms with E-state index in [1.54, 1.807) is 0 Å². The number of nitrogens with one attached hydrogen (secondary N) is 1. The molecule has 2 fully saturated rings. The lowest BCUT2D eigenvalue weighted by molar-refractivity contribution is -0.925. The van der Waals surface area contributed by atoms with Crippen LogP contribution in [0.5, 0.6) is 0 Å². The van der Waals surface area contributed by atoms with E-state index >= 15 is 0 Å². The first-order chi connectivity index (χ1) is 11.2. The highest BCUT2D eigenvalue weighted by molar-refractivity contribution is 7.91. The lowest BCUT2D eigenvalue weighted by Gasteiger charge is -2.34. The third kappa shape index (κ3) is 3.60. The zero-order valence-corrected chi connectivity index (χ0v) is 15.3. The summed E-state index contributed by atoms with van der Waals surface area (Å²) in [5, 5.41) is -0.225. The maximum atomic E-state index is 13.2. The fraction of sp³-hybridized carbons (Fsp3) is 0.571. The molecule has 0 aliphatic carbocycles. The van der Waals surface area contributed by atoms with Crippen LogP contribution in [-0.2, 0) is 19.9 Å². The van der Waals surface area contributed by atoms with Gasteiger partial charge in [-0.25, -0.2) is 21.2 Å². The van der Waals surface area contributed by atoms with E-state index < -0.39 is 25.7 Å². The van der Waals surface area contributed by atoms with E-state index in [2.05, 4.69) is 0 Å². The van der Waals surface area contributed by atoms with Crippen molar-refractivity contribution in [3.05, 3.63) is 29.0 Å². The Morgan fingerprint density at radius 1 is 1.25 bits per heavy atom. The van der Waals surface area contributed by atoms with Crippen LogP contribution >= 0.6 is 11.6 Å². The number of halogens is 2. The van der Waals surface area contributed by atoms with E-state index in [1.165, 1.54) is 10.4 Å². The van der Waals surface area contributed by atoms with Gasteiger partial charge in [0.1, 0.15) is 17.6 Å². The third-order valence-corrected chi connectivity index (χ3v) is 8.66. The molecule has 1 N–H and O–H groups in total. The van der Waals surface area contributed by atoms with E-state index in [1.807, 2.05) is 0 Å². The number of piperazine rings is 1. The Morgan fingerprint density at radius 3 is 2.46 bits per heavy atom. The van der Waals surface area contributed by atoms with Crippen molar-refractivity contribution in [3.8, 4) is 0 Å². The predicted molar refractivity (Wildman–Crippen MR) is 87.9 cm³/mol. The number of quaternary nitrogens is 1. The van der Waals surface area contributed by atoms with Gasteiger partial charge in [-0.1, -0.05) is 11.6 Å². The van der Waals surface area contributed by atoms with Crippen molar-refractivity contribution in [2.75, 3.05) is 37.7 Å². The quantitative estimate of drug-likeness (QED) is 0.750. The summed E-state index contributed by atoms with van der Waals surface area (Å²) in [7, 11) is -6.66. The van der Waals surface area contributed by atoms with E-state index in [0.29, 0.717) is 32.6 Å². The molecule has 0 spiro atoms. The summed E-state index contributed by atoms with van der Waals surface area (Å²) in [5.41, 5.74) is 0. The summed E-state index contributed by atoms with van der Waals surface area (Å²) in [6, 6.07) is 3.43. The molecule has 0 amide bonds. The summed E-state index contributed by atoms with van der Waals surface area (Å²) < 4.78 is 63.0. The van der Waals surface area contributed by atoms with Gasteiger partial charge in [-0.3, -0.25) is 0 Å². The summed E-state index contributed by atoms with van der Waals surface area (Å²) in [6.07, 6.45) is 0.637. The monoisotopic (exact) mass is 397 g/mol. The average molecular weight is 398 g/mol. The van der Waals surface area contributed by atoms with E-state index in [0.717, 1.165) is 17.0 Å². The van der Waals surface area contributed by atoms with Crippen molar-refractivity contribution in [1.29, 1.82) is 0 Å². The van der Waals surface area contributed by atoms with Gasteiger partial charge in [-0.15, -0.1) is 0 Å². The molecule has 1 aromatic rings. The molecule has 6 nitrogen and oxygen atoms in total. The Kier molecular flexibility index (Phi) is 4.91. The van der Waals surface area contributed by atoms with Gasteiger partial charge >= 0.3 is 0 Å². The van der Waals surface area contributed by atoms with Crippen LogP contribution in [0.1, 0.15) is 6.42 Å². The van der Waals surface area contributed by atoms with Gasteiger partial charge in [-0.05, 0) is 18.2 Å². The molecule has 2 saturated heterocycles. The first-order valence-electron chi connectivity index (χ1n) is 7.69. The number of rotatable bonds is 3. The number of nitrogens with zero attached hydrogens (tertiary/aromatic N) is 1. The minimum absolute atomic E-state index is 0.0270. The molecule has 1 aromatic carbocycles. The molecule has 3 rings (SSSR count). The molecule has 2 heterocycles. The summed E-state index contributed by atoms with van der Waals surface area (Å²) in [5.74, 6) is -0.257.